The molecule has 0 radical (unpaired) electrons. The van der Waals surface area contributed by atoms with Gasteiger partial charge in [-0.3, -0.25) is 9.78 Å². The summed E-state index contributed by atoms with van der Waals surface area (Å²) in [6.45, 7) is 0. The lowest BCUT2D eigenvalue weighted by Gasteiger charge is -2.22. The van der Waals surface area contributed by atoms with E-state index < -0.39 is 9.84 Å². The first-order chi connectivity index (χ1) is 15.8. The third kappa shape index (κ3) is 5.15. The van der Waals surface area contributed by atoms with Crippen LogP contribution in [-0.4, -0.2) is 40.6 Å². The molecule has 33 heavy (non-hydrogen) atoms. The minimum Gasteiger partial charge on any atom is -0.393 e. The van der Waals surface area contributed by atoms with Gasteiger partial charge in [0.25, 0.3) is 0 Å². The summed E-state index contributed by atoms with van der Waals surface area (Å²) in [6, 6.07) is 5.56. The molecule has 1 unspecified atom stereocenters. The van der Waals surface area contributed by atoms with Crippen LogP contribution >= 0.6 is 11.6 Å². The van der Waals surface area contributed by atoms with Crippen molar-refractivity contribution >= 4 is 27.2 Å². The highest BCUT2D eigenvalue weighted by atomic mass is 35.5. The fraction of sp³-hybridized carbons (Fsp3) is 0.560. The van der Waals surface area contributed by atoms with Gasteiger partial charge in [-0.25, -0.2) is 13.4 Å². The molecule has 176 valence electrons. The molecule has 3 fully saturated rings. The first kappa shape index (κ1) is 22.9. The minimum absolute atomic E-state index is 0.0348. The van der Waals surface area contributed by atoms with Crippen LogP contribution in [-0.2, 0) is 21.1 Å². The number of aliphatic hydroxyl groups excluding tert-OH is 1. The zero-order chi connectivity index (χ0) is 23.2. The Kier molecular flexibility index (Phi) is 6.31. The van der Waals surface area contributed by atoms with Crippen molar-refractivity contribution in [2.45, 2.75) is 85.9 Å². The molecule has 3 saturated carbocycles. The zero-order valence-electron chi connectivity index (χ0n) is 18.5. The number of hydrogen-bond acceptors (Lipinski definition) is 6. The summed E-state index contributed by atoms with van der Waals surface area (Å²) in [6.07, 6.45) is 9.27. The third-order valence-electron chi connectivity index (χ3n) is 7.22. The molecule has 3 atom stereocenters. The lowest BCUT2D eigenvalue weighted by Crippen LogP contribution is -2.20. The maximum atomic E-state index is 13.5. The molecular formula is C25H29ClN2O4S. The van der Waals surface area contributed by atoms with Crippen LogP contribution in [0.25, 0.3) is 0 Å². The minimum atomic E-state index is -3.30. The SMILES string of the molecule is O=C(Cc1cnc(Cl)cn1)[C@H](C[C@H]1CCC(O)C1)c1ccc(S(=O)(=O)C2CC2)c(C2CC2)c1. The van der Waals surface area contributed by atoms with Crippen LogP contribution in [0.15, 0.2) is 35.5 Å². The van der Waals surface area contributed by atoms with E-state index >= 15 is 0 Å². The Labute approximate surface area is 199 Å². The standard InChI is InChI=1S/C25H29ClN2O4S/c26-25-14-27-18(13-28-25)12-23(30)21(10-15-1-5-19(29)9-15)17-4-8-24(22(11-17)16-2-3-16)33(31,32)20-6-7-20/h4,8,11,13-16,19-21,29H,1-3,5-7,9-10,12H2/t15-,19?,21+/m0/s1. The Morgan fingerprint density at radius 1 is 1.09 bits per heavy atom. The normalized spacial score (nSPS) is 24.1. The fourth-order valence-electron chi connectivity index (χ4n) is 5.10. The van der Waals surface area contributed by atoms with Gasteiger partial charge in [0.15, 0.2) is 9.84 Å². The quantitative estimate of drug-likeness (QED) is 0.562. The predicted molar refractivity (Wildman–Crippen MR) is 125 cm³/mol. The molecule has 3 aliphatic carbocycles. The third-order valence-corrected chi connectivity index (χ3v) is 9.75. The number of ketones is 1. The van der Waals surface area contributed by atoms with Crippen molar-refractivity contribution in [3.8, 4) is 0 Å². The molecule has 0 saturated heterocycles. The van der Waals surface area contributed by atoms with Gasteiger partial charge in [0, 0.05) is 5.92 Å². The first-order valence-electron chi connectivity index (χ1n) is 11.9. The molecule has 0 spiro atoms. The second kappa shape index (κ2) is 9.08. The molecule has 8 heteroatoms. The molecule has 2 aromatic rings. The van der Waals surface area contributed by atoms with Gasteiger partial charge >= 0.3 is 0 Å². The lowest BCUT2D eigenvalue weighted by molar-refractivity contribution is -0.120. The second-order valence-electron chi connectivity index (χ2n) is 9.91. The molecule has 0 bridgehead atoms. The topological polar surface area (TPSA) is 97.2 Å². The van der Waals surface area contributed by atoms with Gasteiger partial charge in [-0.15, -0.1) is 0 Å². The van der Waals surface area contributed by atoms with Crippen LogP contribution in [0.2, 0.25) is 5.15 Å². The summed E-state index contributed by atoms with van der Waals surface area (Å²) in [5.74, 6) is 0.199. The van der Waals surface area contributed by atoms with Crippen LogP contribution in [0.1, 0.15) is 80.0 Å². The van der Waals surface area contributed by atoms with E-state index in [0.29, 0.717) is 23.4 Å². The number of aliphatic hydroxyl groups is 1. The molecule has 1 heterocycles. The van der Waals surface area contributed by atoms with Gasteiger partial charge in [-0.2, -0.15) is 0 Å². The monoisotopic (exact) mass is 488 g/mol. The Morgan fingerprint density at radius 2 is 1.88 bits per heavy atom. The van der Waals surface area contributed by atoms with Gasteiger partial charge in [0.1, 0.15) is 10.9 Å². The Bertz CT molecular complexity index is 1140. The highest BCUT2D eigenvalue weighted by Gasteiger charge is 2.41. The zero-order valence-corrected chi connectivity index (χ0v) is 20.1. The molecule has 1 aromatic heterocycles. The highest BCUT2D eigenvalue weighted by Crippen LogP contribution is 2.47. The van der Waals surface area contributed by atoms with Crippen LogP contribution in [0.3, 0.4) is 0 Å². The fourth-order valence-corrected chi connectivity index (χ4v) is 7.12. The van der Waals surface area contributed by atoms with Crippen LogP contribution in [0.5, 0.6) is 0 Å². The van der Waals surface area contributed by atoms with E-state index in [4.69, 9.17) is 11.6 Å². The van der Waals surface area contributed by atoms with E-state index in [-0.39, 0.29) is 46.5 Å². The Hall–Kier alpha value is -1.83. The van der Waals surface area contributed by atoms with E-state index in [9.17, 15) is 18.3 Å². The van der Waals surface area contributed by atoms with Crippen LogP contribution in [0.4, 0.5) is 0 Å². The summed E-state index contributed by atoms with van der Waals surface area (Å²) in [4.78, 5) is 22.2. The number of benzene rings is 1. The smallest absolute Gasteiger partial charge is 0.181 e. The molecule has 1 aromatic carbocycles. The maximum absolute atomic E-state index is 13.5. The predicted octanol–water partition coefficient (Wildman–Crippen LogP) is 4.39. The van der Waals surface area contributed by atoms with Crippen molar-refractivity contribution in [2.24, 2.45) is 5.92 Å². The highest BCUT2D eigenvalue weighted by molar-refractivity contribution is 7.92. The van der Waals surface area contributed by atoms with Gasteiger partial charge in [-0.05, 0) is 80.4 Å². The molecule has 6 nitrogen and oxygen atoms in total. The van der Waals surface area contributed by atoms with Crippen molar-refractivity contribution in [2.75, 3.05) is 0 Å². The molecule has 3 aliphatic rings. The summed E-state index contributed by atoms with van der Waals surface area (Å²) in [7, 11) is -3.30. The van der Waals surface area contributed by atoms with E-state index in [0.717, 1.165) is 49.7 Å². The van der Waals surface area contributed by atoms with E-state index in [1.165, 1.54) is 12.4 Å². The first-order valence-corrected chi connectivity index (χ1v) is 13.8. The molecule has 1 N–H and O–H groups in total. The summed E-state index contributed by atoms with van der Waals surface area (Å²) in [5, 5.41) is 10.0. The molecule has 5 rings (SSSR count). The second-order valence-corrected chi connectivity index (χ2v) is 12.5. The largest absolute Gasteiger partial charge is 0.393 e. The number of rotatable bonds is 9. The summed E-state index contributed by atoms with van der Waals surface area (Å²) in [5.41, 5.74) is 2.33. The Balaban J connectivity index is 1.46. The number of nitrogens with zero attached hydrogens (tertiary/aromatic N) is 2. The van der Waals surface area contributed by atoms with Gasteiger partial charge in [0.2, 0.25) is 0 Å². The lowest BCUT2D eigenvalue weighted by atomic mass is 9.83. The molecule has 0 aliphatic heterocycles. The van der Waals surface area contributed by atoms with Crippen molar-refractivity contribution in [1.82, 2.24) is 9.97 Å². The van der Waals surface area contributed by atoms with Crippen molar-refractivity contribution in [1.29, 1.82) is 0 Å². The summed E-state index contributed by atoms with van der Waals surface area (Å²) >= 11 is 5.83. The number of hydrogen-bond donors (Lipinski definition) is 1. The number of Topliss-reactive ketones (excluding diaryl/α,β-unsaturated/α-hetero) is 1. The van der Waals surface area contributed by atoms with Crippen molar-refractivity contribution in [3.63, 3.8) is 0 Å². The summed E-state index contributed by atoms with van der Waals surface area (Å²) < 4.78 is 26.1. The van der Waals surface area contributed by atoms with E-state index in [1.54, 1.807) is 6.07 Å². The number of aromatic nitrogens is 2. The number of sulfone groups is 1. The van der Waals surface area contributed by atoms with E-state index in [1.807, 2.05) is 12.1 Å². The van der Waals surface area contributed by atoms with Gasteiger partial charge in [0.05, 0.1) is 40.8 Å². The van der Waals surface area contributed by atoms with Crippen molar-refractivity contribution < 1.29 is 18.3 Å². The average Bonchev–Trinajstić information content (AvgIpc) is 3.70. The number of carbonyl (C=O) groups is 1. The number of halogens is 1. The van der Waals surface area contributed by atoms with E-state index in [2.05, 4.69) is 9.97 Å². The van der Waals surface area contributed by atoms with Gasteiger partial charge in [-0.1, -0.05) is 23.7 Å². The number of carbonyl (C=O) groups excluding carboxylic acids is 1. The average molecular weight is 489 g/mol. The maximum Gasteiger partial charge on any atom is 0.181 e. The molecular weight excluding hydrogens is 460 g/mol. The van der Waals surface area contributed by atoms with Crippen molar-refractivity contribution in [3.05, 3.63) is 52.6 Å². The van der Waals surface area contributed by atoms with Gasteiger partial charge < -0.3 is 5.11 Å². The van der Waals surface area contributed by atoms with Crippen LogP contribution in [0, 0.1) is 5.92 Å². The molecule has 0 amide bonds. The Morgan fingerprint density at radius 3 is 2.48 bits per heavy atom. The van der Waals surface area contributed by atoms with Crippen LogP contribution < -0.4 is 0 Å².